The fourth-order valence-electron chi connectivity index (χ4n) is 3.51. The topological polar surface area (TPSA) is 93.7 Å². The number of amides is 3. The number of para-hydroxylation sites is 1. The summed E-state index contributed by atoms with van der Waals surface area (Å²) < 4.78 is 10.8. The number of ether oxygens (including phenoxy) is 2. The Bertz CT molecular complexity index is 1170. The zero-order chi connectivity index (χ0) is 21.3. The van der Waals surface area contributed by atoms with Gasteiger partial charge >= 0.3 is 0 Å². The number of hydrogen-bond acceptors (Lipinski definition) is 5. The maximum Gasteiger partial charge on any atom is 0.261 e. The molecule has 0 radical (unpaired) electrons. The van der Waals surface area contributed by atoms with Crippen LogP contribution in [0.5, 0.6) is 11.5 Å². The van der Waals surface area contributed by atoms with Gasteiger partial charge in [0.1, 0.15) is 0 Å². The Morgan fingerprint density at radius 3 is 2.23 bits per heavy atom. The van der Waals surface area contributed by atoms with Crippen LogP contribution in [0.25, 0.3) is 11.1 Å². The molecule has 2 N–H and O–H groups in total. The summed E-state index contributed by atoms with van der Waals surface area (Å²) in [5, 5.41) is 5.04. The second-order valence-electron chi connectivity index (χ2n) is 6.56. The summed E-state index contributed by atoms with van der Waals surface area (Å²) in [4.78, 5) is 37.7. The van der Waals surface area contributed by atoms with Crippen molar-refractivity contribution in [1.29, 1.82) is 0 Å². The zero-order valence-electron chi connectivity index (χ0n) is 16.3. The number of hydrogen-bond donors (Lipinski definition) is 2. The second-order valence-corrected chi connectivity index (χ2v) is 6.56. The van der Waals surface area contributed by atoms with Crippen LogP contribution in [0.3, 0.4) is 0 Å². The molecule has 4 rings (SSSR count). The Hall–Kier alpha value is -4.13. The molecule has 150 valence electrons. The quantitative estimate of drug-likeness (QED) is 0.637. The van der Waals surface area contributed by atoms with Gasteiger partial charge in [0.25, 0.3) is 17.7 Å². The molecule has 3 aromatic carbocycles. The van der Waals surface area contributed by atoms with Crippen molar-refractivity contribution >= 4 is 23.4 Å². The van der Waals surface area contributed by atoms with Crippen LogP contribution in [0.1, 0.15) is 31.1 Å². The molecule has 7 heteroatoms. The van der Waals surface area contributed by atoms with E-state index in [1.807, 2.05) is 0 Å². The Morgan fingerprint density at radius 1 is 0.800 bits per heavy atom. The molecule has 3 amide bonds. The third-order valence-electron chi connectivity index (χ3n) is 4.86. The maximum atomic E-state index is 12.6. The van der Waals surface area contributed by atoms with E-state index in [1.54, 1.807) is 60.7 Å². The molecule has 1 aliphatic heterocycles. The lowest BCUT2D eigenvalue weighted by Gasteiger charge is -2.16. The summed E-state index contributed by atoms with van der Waals surface area (Å²) in [5.74, 6) is -0.547. The summed E-state index contributed by atoms with van der Waals surface area (Å²) in [7, 11) is 3.02. The molecule has 0 saturated carbocycles. The van der Waals surface area contributed by atoms with Gasteiger partial charge in [0.15, 0.2) is 11.5 Å². The highest BCUT2D eigenvalue weighted by atomic mass is 16.5. The van der Waals surface area contributed by atoms with Gasteiger partial charge in [-0.15, -0.1) is 0 Å². The van der Waals surface area contributed by atoms with Gasteiger partial charge in [-0.1, -0.05) is 36.4 Å². The molecular weight excluding hydrogens is 384 g/mol. The minimum Gasteiger partial charge on any atom is -0.493 e. The average Bonchev–Trinajstić information content (AvgIpc) is 3.08. The van der Waals surface area contributed by atoms with Crippen LogP contribution in [0.2, 0.25) is 0 Å². The van der Waals surface area contributed by atoms with Gasteiger partial charge < -0.3 is 14.8 Å². The van der Waals surface area contributed by atoms with Crippen molar-refractivity contribution in [2.24, 2.45) is 0 Å². The Labute approximate surface area is 172 Å². The first-order valence-corrected chi connectivity index (χ1v) is 9.15. The third-order valence-corrected chi connectivity index (χ3v) is 4.86. The first-order valence-electron chi connectivity index (χ1n) is 9.15. The zero-order valence-corrected chi connectivity index (χ0v) is 16.3. The average molecular weight is 402 g/mol. The van der Waals surface area contributed by atoms with Gasteiger partial charge in [-0.2, -0.15) is 0 Å². The smallest absolute Gasteiger partial charge is 0.261 e. The van der Waals surface area contributed by atoms with Crippen LogP contribution in [0.4, 0.5) is 5.69 Å². The summed E-state index contributed by atoms with van der Waals surface area (Å²) >= 11 is 0. The largest absolute Gasteiger partial charge is 0.493 e. The van der Waals surface area contributed by atoms with E-state index in [2.05, 4.69) is 10.6 Å². The van der Waals surface area contributed by atoms with Crippen molar-refractivity contribution in [3.05, 3.63) is 77.4 Å². The highest BCUT2D eigenvalue weighted by Gasteiger charge is 2.34. The van der Waals surface area contributed by atoms with E-state index in [1.165, 1.54) is 14.2 Å². The molecule has 1 aliphatic rings. The van der Waals surface area contributed by atoms with E-state index in [0.717, 1.165) is 0 Å². The van der Waals surface area contributed by atoms with Gasteiger partial charge in [0, 0.05) is 11.1 Å². The van der Waals surface area contributed by atoms with Gasteiger partial charge in [-0.3, -0.25) is 19.7 Å². The fourth-order valence-corrected chi connectivity index (χ4v) is 3.51. The monoisotopic (exact) mass is 402 g/mol. The fraction of sp³-hybridized carbons (Fsp3) is 0.0870. The standard InChI is InChI=1S/C23H18N2O5/c1-29-17-10-6-9-15(20(17)30-2)14-11-12-16(19-18(14)22(27)25-23(19)28)24-21(26)13-7-4-3-5-8-13/h3-12H,1-2H3,(H,24,26)(H,25,27,28). The minimum atomic E-state index is -0.568. The molecule has 3 aromatic rings. The number of imide groups is 1. The van der Waals surface area contributed by atoms with E-state index in [9.17, 15) is 14.4 Å². The molecule has 0 aromatic heterocycles. The van der Waals surface area contributed by atoms with E-state index < -0.39 is 11.8 Å². The maximum absolute atomic E-state index is 12.6. The third kappa shape index (κ3) is 3.16. The van der Waals surface area contributed by atoms with E-state index in [-0.39, 0.29) is 22.7 Å². The van der Waals surface area contributed by atoms with Crippen LogP contribution in [-0.2, 0) is 0 Å². The van der Waals surface area contributed by atoms with Crippen molar-refractivity contribution in [2.45, 2.75) is 0 Å². The van der Waals surface area contributed by atoms with Crippen LogP contribution in [-0.4, -0.2) is 31.9 Å². The van der Waals surface area contributed by atoms with E-state index in [4.69, 9.17) is 9.47 Å². The number of carbonyl (C=O) groups excluding carboxylic acids is 3. The molecule has 1 heterocycles. The van der Waals surface area contributed by atoms with Crippen molar-refractivity contribution in [3.63, 3.8) is 0 Å². The summed E-state index contributed by atoms with van der Waals surface area (Å²) in [6.07, 6.45) is 0. The predicted molar refractivity (Wildman–Crippen MR) is 111 cm³/mol. The number of fused-ring (bicyclic) bond motifs is 1. The molecule has 0 bridgehead atoms. The number of rotatable bonds is 5. The van der Waals surface area contributed by atoms with E-state index >= 15 is 0 Å². The van der Waals surface area contributed by atoms with Crippen molar-refractivity contribution < 1.29 is 23.9 Å². The van der Waals surface area contributed by atoms with Crippen LogP contribution in [0, 0.1) is 0 Å². The lowest BCUT2D eigenvalue weighted by Crippen LogP contribution is -2.21. The SMILES string of the molecule is COc1cccc(-c2ccc(NC(=O)c3ccccc3)c3c2C(=O)NC3=O)c1OC. The Kier molecular flexibility index (Phi) is 4.93. The molecule has 0 unspecified atom stereocenters. The summed E-state index contributed by atoms with van der Waals surface area (Å²) in [6.45, 7) is 0. The molecule has 0 aliphatic carbocycles. The first-order chi connectivity index (χ1) is 14.5. The van der Waals surface area contributed by atoms with Gasteiger partial charge in [0.2, 0.25) is 0 Å². The minimum absolute atomic E-state index is 0.117. The van der Waals surface area contributed by atoms with Crippen molar-refractivity contribution in [2.75, 3.05) is 19.5 Å². The number of carbonyl (C=O) groups is 3. The molecule has 7 nitrogen and oxygen atoms in total. The van der Waals surface area contributed by atoms with Crippen molar-refractivity contribution in [1.82, 2.24) is 5.32 Å². The highest BCUT2D eigenvalue weighted by molar-refractivity contribution is 6.27. The number of nitrogens with one attached hydrogen (secondary N) is 2. The van der Waals surface area contributed by atoms with Crippen LogP contribution in [0.15, 0.2) is 60.7 Å². The first kappa shape index (κ1) is 19.2. The summed E-state index contributed by atoms with van der Waals surface area (Å²) in [6, 6.07) is 17.2. The normalized spacial score (nSPS) is 12.2. The molecule has 30 heavy (non-hydrogen) atoms. The molecule has 0 spiro atoms. The highest BCUT2D eigenvalue weighted by Crippen LogP contribution is 2.42. The predicted octanol–water partition coefficient (Wildman–Crippen LogP) is 3.51. The molecule has 0 atom stereocenters. The van der Waals surface area contributed by atoms with Crippen LogP contribution < -0.4 is 20.1 Å². The van der Waals surface area contributed by atoms with Crippen LogP contribution >= 0.6 is 0 Å². The Balaban J connectivity index is 1.85. The second kappa shape index (κ2) is 7.71. The van der Waals surface area contributed by atoms with Gasteiger partial charge in [-0.25, -0.2) is 0 Å². The lowest BCUT2D eigenvalue weighted by atomic mass is 9.94. The van der Waals surface area contributed by atoms with E-state index in [0.29, 0.717) is 28.2 Å². The molecule has 0 fully saturated rings. The number of anilines is 1. The molecule has 0 saturated heterocycles. The Morgan fingerprint density at radius 2 is 1.53 bits per heavy atom. The summed E-state index contributed by atoms with van der Waals surface area (Å²) in [5.41, 5.74) is 2.09. The van der Waals surface area contributed by atoms with Gasteiger partial charge in [0.05, 0.1) is 31.0 Å². The number of methoxy groups -OCH3 is 2. The number of benzene rings is 3. The van der Waals surface area contributed by atoms with Gasteiger partial charge in [-0.05, 0) is 29.8 Å². The van der Waals surface area contributed by atoms with Crippen molar-refractivity contribution in [3.8, 4) is 22.6 Å². The lowest BCUT2D eigenvalue weighted by molar-refractivity contribution is 0.0880. The molecular formula is C23H18N2O5.